The van der Waals surface area contributed by atoms with Crippen molar-refractivity contribution in [2.24, 2.45) is 10.8 Å². The van der Waals surface area contributed by atoms with Crippen molar-refractivity contribution in [3.8, 4) is 0 Å². The van der Waals surface area contributed by atoms with E-state index >= 15 is 0 Å². The molecule has 3 atom stereocenters. The molecule has 0 fully saturated rings. The number of nitrogens with zero attached hydrogens (tertiary/aromatic N) is 3. The van der Waals surface area contributed by atoms with Gasteiger partial charge in [-0.3, -0.25) is 24.0 Å². The normalized spacial score (nSPS) is 12.6. The maximum Gasteiger partial charge on any atom is 0.247 e. The van der Waals surface area contributed by atoms with Crippen molar-refractivity contribution in [2.75, 3.05) is 77.9 Å². The van der Waals surface area contributed by atoms with Crippen molar-refractivity contribution >= 4 is 35.2 Å². The monoisotopic (exact) mass is 696 g/mol. The van der Waals surface area contributed by atoms with Crippen LogP contribution in [-0.4, -0.2) is 125 Å². The van der Waals surface area contributed by atoms with Gasteiger partial charge in [-0.25, -0.2) is 0 Å². The highest BCUT2D eigenvalue weighted by Crippen LogP contribution is 2.10. The highest BCUT2D eigenvalue weighted by molar-refractivity contribution is 6.00. The van der Waals surface area contributed by atoms with Crippen LogP contribution < -0.4 is 27.0 Å². The highest BCUT2D eigenvalue weighted by Gasteiger charge is 2.27. The summed E-state index contributed by atoms with van der Waals surface area (Å²) in [5.74, 6) is -3.38. The second kappa shape index (κ2) is 26.6. The van der Waals surface area contributed by atoms with E-state index in [1.54, 1.807) is 24.3 Å². The fourth-order valence-corrected chi connectivity index (χ4v) is 3.71. The van der Waals surface area contributed by atoms with Gasteiger partial charge in [-0.15, -0.1) is 0 Å². The summed E-state index contributed by atoms with van der Waals surface area (Å²) in [6.45, 7) is 6.27. The lowest BCUT2D eigenvalue weighted by Crippen LogP contribution is -2.55. The van der Waals surface area contributed by atoms with Crippen molar-refractivity contribution in [2.45, 2.75) is 51.4 Å². The van der Waals surface area contributed by atoms with Crippen molar-refractivity contribution in [3.05, 3.63) is 40.3 Å². The zero-order valence-electron chi connectivity index (χ0n) is 27.9. The number of nitrogens with one attached hydrogen (secondary N) is 4. The summed E-state index contributed by atoms with van der Waals surface area (Å²) in [6, 6.07) is 2.87. The maximum atomic E-state index is 12.7. The van der Waals surface area contributed by atoms with Gasteiger partial charge in [0.25, 0.3) is 0 Å². The van der Waals surface area contributed by atoms with Crippen LogP contribution in [0.4, 0.5) is 5.69 Å². The summed E-state index contributed by atoms with van der Waals surface area (Å²) in [5.41, 5.74) is 14.4. The summed E-state index contributed by atoms with van der Waals surface area (Å²) in [4.78, 5) is 64.4. The van der Waals surface area contributed by atoms with E-state index in [1.165, 1.54) is 13.8 Å². The molecule has 1 aromatic rings. The van der Waals surface area contributed by atoms with Crippen molar-refractivity contribution in [1.29, 1.82) is 0 Å². The molecule has 0 radical (unpaired) electrons. The van der Waals surface area contributed by atoms with Gasteiger partial charge in [-0.1, -0.05) is 17.2 Å². The van der Waals surface area contributed by atoms with E-state index in [4.69, 9.17) is 40.1 Å². The number of benzene rings is 1. The largest absolute Gasteiger partial charge is 0.392 e. The number of aliphatic hydroxyl groups is 1. The summed E-state index contributed by atoms with van der Waals surface area (Å²) in [7, 11) is 0. The molecule has 19 nitrogen and oxygen atoms in total. The fourth-order valence-electron chi connectivity index (χ4n) is 3.71. The fraction of sp³-hybridized carbons (Fsp3) is 0.633. The van der Waals surface area contributed by atoms with Gasteiger partial charge >= 0.3 is 0 Å². The van der Waals surface area contributed by atoms with E-state index in [-0.39, 0.29) is 32.8 Å². The number of hydrogen-bond donors (Lipinski definition) is 6. The third-order valence-electron chi connectivity index (χ3n) is 6.33. The number of azide groups is 1. The number of nitrogens with two attached hydrogens (primary N) is 1. The first-order chi connectivity index (χ1) is 23.6. The molecule has 0 heterocycles. The Balaban J connectivity index is 2.20. The van der Waals surface area contributed by atoms with E-state index in [9.17, 15) is 24.0 Å². The van der Waals surface area contributed by atoms with E-state index in [0.717, 1.165) is 0 Å². The topological polar surface area (TPSA) is 275 Å². The molecule has 0 aromatic heterocycles. The number of rotatable bonds is 28. The van der Waals surface area contributed by atoms with E-state index < -0.39 is 54.1 Å². The Bertz CT molecular complexity index is 1200. The maximum absolute atomic E-state index is 12.7. The molecule has 274 valence electrons. The molecule has 5 amide bonds. The smallest absolute Gasteiger partial charge is 0.247 e. The molecule has 7 N–H and O–H groups in total. The minimum atomic E-state index is -1.32. The molecule has 0 aliphatic carbocycles. The lowest BCUT2D eigenvalue weighted by atomic mass is 10.1. The van der Waals surface area contributed by atoms with Crippen LogP contribution in [0.1, 0.15) is 32.3 Å². The standard InChI is InChI=1S/C30H48N8O11/c1-21(34-27(41)7-9-45-11-13-47-15-17-49-18-16-48-14-12-46-10-8-33-38-32)28(42)35-22(2)29(43)37-25(19-26(31)40)30(44)36-24-5-3-23(20-39)4-6-24/h3-6,21-22,25,39H,7-20H2,1-2H3,(H2,31,40)(H,34,41)(H,35,42)(H,36,44)(H,37,43)/t21-,22-,25-/m0/s1. The molecular formula is C30H48N8O11. The van der Waals surface area contributed by atoms with Gasteiger partial charge in [0.15, 0.2) is 0 Å². The van der Waals surface area contributed by atoms with Crippen molar-refractivity contribution in [1.82, 2.24) is 16.0 Å². The van der Waals surface area contributed by atoms with Crippen LogP contribution in [0.25, 0.3) is 10.4 Å². The van der Waals surface area contributed by atoms with Gasteiger partial charge < -0.3 is 55.8 Å². The molecular weight excluding hydrogens is 648 g/mol. The first-order valence-electron chi connectivity index (χ1n) is 15.7. The van der Waals surface area contributed by atoms with Crippen LogP contribution in [0.5, 0.6) is 0 Å². The molecule has 1 rings (SSSR count). The second-order valence-corrected chi connectivity index (χ2v) is 10.4. The molecule has 0 spiro atoms. The summed E-state index contributed by atoms with van der Waals surface area (Å²) in [6.07, 6.45) is -0.498. The quantitative estimate of drug-likeness (QED) is 0.0275. The summed E-state index contributed by atoms with van der Waals surface area (Å²) in [5, 5.41) is 22.4. The Morgan fingerprint density at radius 3 is 1.76 bits per heavy atom. The highest BCUT2D eigenvalue weighted by atomic mass is 16.6. The van der Waals surface area contributed by atoms with Gasteiger partial charge in [0.2, 0.25) is 29.5 Å². The number of ether oxygens (including phenoxy) is 5. The van der Waals surface area contributed by atoms with Gasteiger partial charge in [0.1, 0.15) is 18.1 Å². The lowest BCUT2D eigenvalue weighted by molar-refractivity contribution is -0.133. The third-order valence-corrected chi connectivity index (χ3v) is 6.33. The minimum absolute atomic E-state index is 0.0117. The Hall–Kier alpha value is -4.36. The minimum Gasteiger partial charge on any atom is -0.392 e. The van der Waals surface area contributed by atoms with Gasteiger partial charge in [0, 0.05) is 23.6 Å². The second-order valence-electron chi connectivity index (χ2n) is 10.4. The molecule has 0 saturated carbocycles. The van der Waals surface area contributed by atoms with Gasteiger partial charge in [0.05, 0.1) is 79.1 Å². The summed E-state index contributed by atoms with van der Waals surface area (Å²) < 4.78 is 26.7. The Morgan fingerprint density at radius 2 is 1.24 bits per heavy atom. The van der Waals surface area contributed by atoms with Crippen LogP contribution in [0.15, 0.2) is 29.4 Å². The average Bonchev–Trinajstić information content (AvgIpc) is 3.07. The third kappa shape index (κ3) is 21.3. The molecule has 0 aliphatic heterocycles. The zero-order chi connectivity index (χ0) is 36.3. The van der Waals surface area contributed by atoms with E-state index in [1.807, 2.05) is 0 Å². The average molecular weight is 697 g/mol. The number of carbonyl (C=O) groups is 5. The first-order valence-corrected chi connectivity index (χ1v) is 15.7. The SMILES string of the molecule is C[C@H](NC(=O)CCOCCOCCOCCOCCOCCN=[N+]=[N-])C(=O)N[C@@H](C)C(=O)N[C@@H](CC(N)=O)C(=O)Nc1ccc(CO)cc1. The molecule has 0 bridgehead atoms. The molecule has 49 heavy (non-hydrogen) atoms. The predicted molar refractivity (Wildman–Crippen MR) is 175 cm³/mol. The van der Waals surface area contributed by atoms with Crippen LogP contribution in [0.3, 0.4) is 0 Å². The van der Waals surface area contributed by atoms with E-state index in [0.29, 0.717) is 64.1 Å². The first kappa shape index (κ1) is 42.7. The summed E-state index contributed by atoms with van der Waals surface area (Å²) >= 11 is 0. The molecule has 0 saturated heterocycles. The predicted octanol–water partition coefficient (Wildman–Crippen LogP) is -0.730. The lowest BCUT2D eigenvalue weighted by Gasteiger charge is -2.22. The zero-order valence-corrected chi connectivity index (χ0v) is 27.9. The molecule has 0 aliphatic rings. The van der Waals surface area contributed by atoms with Crippen LogP contribution >= 0.6 is 0 Å². The van der Waals surface area contributed by atoms with Crippen molar-refractivity contribution in [3.63, 3.8) is 0 Å². The molecule has 19 heteroatoms. The number of hydrogen-bond acceptors (Lipinski definition) is 12. The van der Waals surface area contributed by atoms with Gasteiger partial charge in [-0.05, 0) is 37.1 Å². The van der Waals surface area contributed by atoms with Crippen LogP contribution in [0.2, 0.25) is 0 Å². The van der Waals surface area contributed by atoms with Crippen LogP contribution in [-0.2, 0) is 54.3 Å². The number of amides is 5. The number of anilines is 1. The van der Waals surface area contributed by atoms with Crippen molar-refractivity contribution < 1.29 is 52.8 Å². The van der Waals surface area contributed by atoms with E-state index in [2.05, 4.69) is 31.3 Å². The molecule has 0 unspecified atom stereocenters. The number of primary amides is 1. The Morgan fingerprint density at radius 1 is 0.755 bits per heavy atom. The van der Waals surface area contributed by atoms with Gasteiger partial charge in [-0.2, -0.15) is 0 Å². The number of carbonyl (C=O) groups excluding carboxylic acids is 5. The Kier molecular flexibility index (Phi) is 23.1. The van der Waals surface area contributed by atoms with Crippen LogP contribution in [0, 0.1) is 0 Å². The number of aliphatic hydroxyl groups excluding tert-OH is 1. The molecule has 1 aromatic carbocycles. The Labute approximate surface area is 284 Å².